The van der Waals surface area contributed by atoms with Gasteiger partial charge in [0.2, 0.25) is 0 Å². The van der Waals surface area contributed by atoms with Crippen molar-refractivity contribution in [3.05, 3.63) is 76.8 Å². The van der Waals surface area contributed by atoms with E-state index in [1.807, 2.05) is 6.92 Å². The first-order chi connectivity index (χ1) is 16.8. The van der Waals surface area contributed by atoms with Gasteiger partial charge in [0.05, 0.1) is 27.0 Å². The predicted molar refractivity (Wildman–Crippen MR) is 131 cm³/mol. The molecule has 1 amide bonds. The average Bonchev–Trinajstić information content (AvgIpc) is 2.85. The van der Waals surface area contributed by atoms with Crippen LogP contribution in [0.25, 0.3) is 0 Å². The molecule has 3 rings (SSSR count). The summed E-state index contributed by atoms with van der Waals surface area (Å²) in [6.07, 6.45) is 1.38. The summed E-state index contributed by atoms with van der Waals surface area (Å²) in [5.41, 5.74) is 3.29. The van der Waals surface area contributed by atoms with Gasteiger partial charge >= 0.3 is 10.1 Å². The second kappa shape index (κ2) is 11.6. The van der Waals surface area contributed by atoms with Crippen LogP contribution in [0.15, 0.2) is 70.7 Å². The van der Waals surface area contributed by atoms with Gasteiger partial charge in [0.15, 0.2) is 23.0 Å². The standard InChI is InChI=1S/C24H23ClN2O7S/c1-4-33-23-14-17(6-12-20(23)31-2)24(28)27-26-15-16-5-11-21(22(13-16)32-3)34-35(29,30)19-9-7-18(25)8-10-19/h5-15H,4H2,1-3H3,(H,27,28)/b26-15+. The summed E-state index contributed by atoms with van der Waals surface area (Å²) < 4.78 is 46.3. The highest BCUT2D eigenvalue weighted by Crippen LogP contribution is 2.31. The van der Waals surface area contributed by atoms with Gasteiger partial charge in [0.1, 0.15) is 4.90 Å². The lowest BCUT2D eigenvalue weighted by Gasteiger charge is -2.11. The maximum atomic E-state index is 12.5. The number of ether oxygens (including phenoxy) is 3. The number of methoxy groups -OCH3 is 2. The molecule has 0 radical (unpaired) electrons. The van der Waals surface area contributed by atoms with E-state index in [1.54, 1.807) is 24.3 Å². The van der Waals surface area contributed by atoms with Gasteiger partial charge in [-0.25, -0.2) is 5.43 Å². The van der Waals surface area contributed by atoms with Crippen LogP contribution in [0.2, 0.25) is 5.02 Å². The Labute approximate surface area is 208 Å². The number of nitrogens with zero attached hydrogens (tertiary/aromatic N) is 1. The number of hydrogen-bond donors (Lipinski definition) is 1. The molecule has 0 spiro atoms. The smallest absolute Gasteiger partial charge is 0.339 e. The molecule has 0 saturated heterocycles. The van der Waals surface area contributed by atoms with Gasteiger partial charge in [-0.1, -0.05) is 11.6 Å². The van der Waals surface area contributed by atoms with E-state index in [9.17, 15) is 13.2 Å². The van der Waals surface area contributed by atoms with Crippen LogP contribution in [0.5, 0.6) is 23.0 Å². The predicted octanol–water partition coefficient (Wildman–Crippen LogP) is 4.29. The van der Waals surface area contributed by atoms with E-state index < -0.39 is 16.0 Å². The molecule has 9 nitrogen and oxygen atoms in total. The normalized spacial score (nSPS) is 11.2. The molecule has 0 unspecified atom stereocenters. The second-order valence-electron chi connectivity index (χ2n) is 6.90. The third kappa shape index (κ3) is 6.65. The van der Waals surface area contributed by atoms with Crippen LogP contribution in [0.3, 0.4) is 0 Å². The Kier molecular flexibility index (Phi) is 8.56. The molecule has 0 saturated carbocycles. The third-order valence-electron chi connectivity index (χ3n) is 4.59. The van der Waals surface area contributed by atoms with E-state index in [2.05, 4.69) is 10.5 Å². The first-order valence-electron chi connectivity index (χ1n) is 10.3. The minimum atomic E-state index is -4.10. The van der Waals surface area contributed by atoms with E-state index in [0.717, 1.165) is 0 Å². The number of benzene rings is 3. The number of carbonyl (C=O) groups is 1. The number of nitrogens with one attached hydrogen (secondary N) is 1. The minimum Gasteiger partial charge on any atom is -0.493 e. The quantitative estimate of drug-likeness (QED) is 0.242. The molecular weight excluding hydrogens is 496 g/mol. The number of hydrazone groups is 1. The van der Waals surface area contributed by atoms with Gasteiger partial charge < -0.3 is 18.4 Å². The molecule has 35 heavy (non-hydrogen) atoms. The van der Waals surface area contributed by atoms with Crippen molar-refractivity contribution in [2.45, 2.75) is 11.8 Å². The summed E-state index contributed by atoms with van der Waals surface area (Å²) in [7, 11) is -1.21. The van der Waals surface area contributed by atoms with E-state index in [0.29, 0.717) is 34.3 Å². The van der Waals surface area contributed by atoms with Crippen molar-refractivity contribution in [1.29, 1.82) is 0 Å². The summed E-state index contributed by atoms with van der Waals surface area (Å²) >= 11 is 5.81. The van der Waals surface area contributed by atoms with Crippen LogP contribution in [0, 0.1) is 0 Å². The minimum absolute atomic E-state index is 0.00896. The van der Waals surface area contributed by atoms with Crippen LogP contribution in [-0.4, -0.2) is 41.4 Å². The van der Waals surface area contributed by atoms with Crippen molar-refractivity contribution < 1.29 is 31.6 Å². The number of hydrogen-bond acceptors (Lipinski definition) is 8. The van der Waals surface area contributed by atoms with Crippen LogP contribution < -0.4 is 23.8 Å². The Morgan fingerprint density at radius 2 is 1.63 bits per heavy atom. The number of carbonyl (C=O) groups excluding carboxylic acids is 1. The van der Waals surface area contributed by atoms with Crippen molar-refractivity contribution in [2.75, 3.05) is 20.8 Å². The molecule has 11 heteroatoms. The van der Waals surface area contributed by atoms with Gasteiger partial charge in [0.25, 0.3) is 5.91 Å². The highest BCUT2D eigenvalue weighted by Gasteiger charge is 2.19. The maximum Gasteiger partial charge on any atom is 0.339 e. The van der Waals surface area contributed by atoms with Gasteiger partial charge in [-0.2, -0.15) is 13.5 Å². The van der Waals surface area contributed by atoms with Crippen LogP contribution in [-0.2, 0) is 10.1 Å². The van der Waals surface area contributed by atoms with Crippen LogP contribution >= 0.6 is 11.6 Å². The molecule has 0 aliphatic rings. The van der Waals surface area contributed by atoms with Crippen molar-refractivity contribution in [3.63, 3.8) is 0 Å². The maximum absolute atomic E-state index is 12.5. The Balaban J connectivity index is 1.71. The fourth-order valence-corrected chi connectivity index (χ4v) is 3.98. The monoisotopic (exact) mass is 518 g/mol. The fraction of sp³-hybridized carbons (Fsp3) is 0.167. The fourth-order valence-electron chi connectivity index (χ4n) is 2.92. The molecule has 3 aromatic carbocycles. The molecule has 0 aliphatic heterocycles. The van der Waals surface area contributed by atoms with Crippen LogP contribution in [0.1, 0.15) is 22.8 Å². The summed E-state index contributed by atoms with van der Waals surface area (Å²) in [4.78, 5) is 12.4. The molecule has 3 aromatic rings. The summed E-state index contributed by atoms with van der Waals surface area (Å²) in [5, 5.41) is 4.35. The van der Waals surface area contributed by atoms with Gasteiger partial charge in [-0.3, -0.25) is 4.79 Å². The SMILES string of the molecule is CCOc1cc(C(=O)N/N=C/c2ccc(OS(=O)(=O)c3ccc(Cl)cc3)c(OC)c2)ccc1OC. The first-order valence-corrected chi connectivity index (χ1v) is 12.1. The lowest BCUT2D eigenvalue weighted by molar-refractivity contribution is 0.0954. The Morgan fingerprint density at radius 3 is 2.29 bits per heavy atom. The molecule has 184 valence electrons. The molecule has 0 atom stereocenters. The zero-order valence-corrected chi connectivity index (χ0v) is 20.7. The number of halogens is 1. The topological polar surface area (TPSA) is 113 Å². The number of amides is 1. The summed E-state index contributed by atoms with van der Waals surface area (Å²) in [5.74, 6) is 0.658. The highest BCUT2D eigenvalue weighted by atomic mass is 35.5. The molecular formula is C24H23ClN2O7S. The van der Waals surface area contributed by atoms with E-state index >= 15 is 0 Å². The number of rotatable bonds is 10. The molecule has 0 heterocycles. The summed E-state index contributed by atoms with van der Waals surface area (Å²) in [6, 6.07) is 14.9. The third-order valence-corrected chi connectivity index (χ3v) is 6.10. The zero-order valence-electron chi connectivity index (χ0n) is 19.1. The van der Waals surface area contributed by atoms with Crippen molar-refractivity contribution in [1.82, 2.24) is 5.43 Å². The lowest BCUT2D eigenvalue weighted by atomic mass is 10.2. The molecule has 0 aromatic heterocycles. The molecule has 0 fully saturated rings. The van der Waals surface area contributed by atoms with E-state index in [1.165, 1.54) is 56.8 Å². The lowest BCUT2D eigenvalue weighted by Crippen LogP contribution is -2.17. The van der Waals surface area contributed by atoms with Gasteiger partial charge in [-0.15, -0.1) is 0 Å². The second-order valence-corrected chi connectivity index (χ2v) is 8.88. The first kappa shape index (κ1) is 25.9. The van der Waals surface area contributed by atoms with Crippen molar-refractivity contribution >= 4 is 33.8 Å². The van der Waals surface area contributed by atoms with Gasteiger partial charge in [-0.05, 0) is 73.2 Å². The van der Waals surface area contributed by atoms with E-state index in [-0.39, 0.29) is 16.4 Å². The molecule has 0 bridgehead atoms. The Hall–Kier alpha value is -3.76. The molecule has 0 aliphatic carbocycles. The largest absolute Gasteiger partial charge is 0.493 e. The molecule has 1 N–H and O–H groups in total. The highest BCUT2D eigenvalue weighted by molar-refractivity contribution is 7.87. The van der Waals surface area contributed by atoms with Crippen LogP contribution in [0.4, 0.5) is 0 Å². The van der Waals surface area contributed by atoms with Crippen molar-refractivity contribution in [3.8, 4) is 23.0 Å². The van der Waals surface area contributed by atoms with Gasteiger partial charge in [0, 0.05) is 10.6 Å². The average molecular weight is 519 g/mol. The summed E-state index contributed by atoms with van der Waals surface area (Å²) in [6.45, 7) is 2.25. The Bertz CT molecular complexity index is 1330. The zero-order chi connectivity index (χ0) is 25.4. The van der Waals surface area contributed by atoms with Crippen molar-refractivity contribution in [2.24, 2.45) is 5.10 Å². The van der Waals surface area contributed by atoms with E-state index in [4.69, 9.17) is 30.0 Å². The Morgan fingerprint density at radius 1 is 0.943 bits per heavy atom.